The zero-order chi connectivity index (χ0) is 21.3. The van der Waals surface area contributed by atoms with Gasteiger partial charge in [0.15, 0.2) is 0 Å². The monoisotopic (exact) mass is 398 g/mol. The fourth-order valence-electron chi connectivity index (χ4n) is 4.37. The Balaban J connectivity index is 1.66. The molecule has 1 saturated heterocycles. The molecule has 1 aromatic heterocycles. The fourth-order valence-corrected chi connectivity index (χ4v) is 4.37. The Morgan fingerprint density at radius 1 is 1.03 bits per heavy atom. The van der Waals surface area contributed by atoms with Crippen molar-refractivity contribution in [1.29, 1.82) is 5.26 Å². The van der Waals surface area contributed by atoms with Crippen molar-refractivity contribution in [2.24, 2.45) is 0 Å². The third-order valence-electron chi connectivity index (χ3n) is 5.76. The second-order valence-corrected chi connectivity index (χ2v) is 8.11. The first-order valence-electron chi connectivity index (χ1n) is 10.4. The molecule has 0 spiro atoms. The number of benzene rings is 2. The van der Waals surface area contributed by atoms with E-state index in [4.69, 9.17) is 0 Å². The Morgan fingerprint density at radius 3 is 2.63 bits per heavy atom. The van der Waals surface area contributed by atoms with Gasteiger partial charge in [-0.1, -0.05) is 29.3 Å². The quantitative estimate of drug-likeness (QED) is 0.643. The number of fused-ring (bicyclic) bond motifs is 1. The lowest BCUT2D eigenvalue weighted by molar-refractivity contribution is 0.0767. The molecule has 4 rings (SSSR count). The van der Waals surface area contributed by atoms with E-state index < -0.39 is 0 Å². The number of rotatable bonds is 2. The Bertz CT molecular complexity index is 1160. The molecule has 30 heavy (non-hydrogen) atoms. The van der Waals surface area contributed by atoms with Gasteiger partial charge in [0.2, 0.25) is 0 Å². The van der Waals surface area contributed by atoms with E-state index in [1.165, 1.54) is 0 Å². The lowest BCUT2D eigenvalue weighted by Gasteiger charge is -2.26. The zero-order valence-electron chi connectivity index (χ0n) is 17.8. The molecule has 5 heteroatoms. The predicted octanol–water partition coefficient (Wildman–Crippen LogP) is 4.38. The summed E-state index contributed by atoms with van der Waals surface area (Å²) in [7, 11) is 0. The standard InChI is InChI=1S/C25H26N4O/c1-17-6-4-7-20(13-17)25(30)29-9-5-8-28(10-11-29)24-21(15-26)16-27-23-19(3)12-18(2)14-22(23)24/h4,6-7,12-14,16H,5,8-11H2,1-3H3. The molecular weight excluding hydrogens is 372 g/mol. The first-order chi connectivity index (χ1) is 14.5. The van der Waals surface area contributed by atoms with E-state index in [1.807, 2.05) is 36.1 Å². The van der Waals surface area contributed by atoms with Crippen LogP contribution in [0.5, 0.6) is 0 Å². The average Bonchev–Trinajstić information content (AvgIpc) is 2.98. The van der Waals surface area contributed by atoms with Crippen LogP contribution in [0.4, 0.5) is 5.69 Å². The van der Waals surface area contributed by atoms with Gasteiger partial charge in [0.05, 0.1) is 16.8 Å². The summed E-state index contributed by atoms with van der Waals surface area (Å²) in [6, 6.07) is 14.3. The first kappa shape index (κ1) is 19.9. The average molecular weight is 399 g/mol. The topological polar surface area (TPSA) is 60.2 Å². The summed E-state index contributed by atoms with van der Waals surface area (Å²) >= 11 is 0. The number of nitriles is 1. The number of hydrogen-bond donors (Lipinski definition) is 0. The largest absolute Gasteiger partial charge is 0.368 e. The molecule has 0 radical (unpaired) electrons. The Labute approximate surface area is 177 Å². The van der Waals surface area contributed by atoms with Gasteiger partial charge in [-0.3, -0.25) is 9.78 Å². The summed E-state index contributed by atoms with van der Waals surface area (Å²) in [4.78, 5) is 21.8. The van der Waals surface area contributed by atoms with E-state index in [0.29, 0.717) is 25.2 Å². The normalized spacial score (nSPS) is 14.5. The molecule has 1 aliphatic rings. The van der Waals surface area contributed by atoms with Crippen molar-refractivity contribution in [3.05, 3.63) is 70.4 Å². The maximum atomic E-state index is 13.0. The van der Waals surface area contributed by atoms with Crippen LogP contribution in [0.15, 0.2) is 42.6 Å². The maximum absolute atomic E-state index is 13.0. The highest BCUT2D eigenvalue weighted by Gasteiger charge is 2.23. The highest BCUT2D eigenvalue weighted by Crippen LogP contribution is 2.32. The van der Waals surface area contributed by atoms with E-state index in [-0.39, 0.29) is 5.91 Å². The van der Waals surface area contributed by atoms with Crippen molar-refractivity contribution < 1.29 is 4.79 Å². The minimum absolute atomic E-state index is 0.0762. The number of amides is 1. The maximum Gasteiger partial charge on any atom is 0.253 e. The molecule has 3 aromatic rings. The van der Waals surface area contributed by atoms with Gasteiger partial charge in [-0.15, -0.1) is 0 Å². The second-order valence-electron chi connectivity index (χ2n) is 8.11. The number of hydrogen-bond acceptors (Lipinski definition) is 4. The number of carbonyl (C=O) groups is 1. The predicted molar refractivity (Wildman–Crippen MR) is 120 cm³/mol. The van der Waals surface area contributed by atoms with Gasteiger partial charge in [0, 0.05) is 43.3 Å². The smallest absolute Gasteiger partial charge is 0.253 e. The molecule has 0 aliphatic carbocycles. The molecule has 0 N–H and O–H groups in total. The third-order valence-corrected chi connectivity index (χ3v) is 5.76. The minimum Gasteiger partial charge on any atom is -0.368 e. The van der Waals surface area contributed by atoms with Crippen LogP contribution in [-0.2, 0) is 0 Å². The van der Waals surface area contributed by atoms with Crippen molar-refractivity contribution in [1.82, 2.24) is 9.88 Å². The van der Waals surface area contributed by atoms with Gasteiger partial charge >= 0.3 is 0 Å². The molecule has 0 unspecified atom stereocenters. The second kappa shape index (κ2) is 8.16. The van der Waals surface area contributed by atoms with Crippen LogP contribution >= 0.6 is 0 Å². The number of aryl methyl sites for hydroxylation is 3. The van der Waals surface area contributed by atoms with Crippen LogP contribution in [0, 0.1) is 32.1 Å². The highest BCUT2D eigenvalue weighted by molar-refractivity contribution is 5.97. The highest BCUT2D eigenvalue weighted by atomic mass is 16.2. The molecule has 0 bridgehead atoms. The SMILES string of the molecule is Cc1cccc(C(=O)N2CCCN(c3c(C#N)cnc4c(C)cc(C)cc34)CC2)c1. The van der Waals surface area contributed by atoms with Crippen LogP contribution < -0.4 is 4.90 Å². The number of pyridine rings is 1. The molecule has 1 aliphatic heterocycles. The molecule has 152 valence electrons. The van der Waals surface area contributed by atoms with Gasteiger partial charge in [-0.25, -0.2) is 0 Å². The van der Waals surface area contributed by atoms with Crippen LogP contribution in [-0.4, -0.2) is 42.0 Å². The minimum atomic E-state index is 0.0762. The van der Waals surface area contributed by atoms with Crippen LogP contribution in [0.1, 0.15) is 39.0 Å². The molecule has 1 amide bonds. The molecule has 5 nitrogen and oxygen atoms in total. The zero-order valence-corrected chi connectivity index (χ0v) is 17.8. The summed E-state index contributed by atoms with van der Waals surface area (Å²) in [6.45, 7) is 8.97. The van der Waals surface area contributed by atoms with Crippen molar-refractivity contribution in [2.45, 2.75) is 27.2 Å². The molecule has 0 atom stereocenters. The number of aromatic nitrogens is 1. The third kappa shape index (κ3) is 3.73. The number of nitrogens with zero attached hydrogens (tertiary/aromatic N) is 4. The molecule has 2 heterocycles. The summed E-state index contributed by atoms with van der Waals surface area (Å²) in [5, 5.41) is 10.8. The Kier molecular flexibility index (Phi) is 5.41. The van der Waals surface area contributed by atoms with Crippen molar-refractivity contribution in [3.63, 3.8) is 0 Å². The van der Waals surface area contributed by atoms with E-state index >= 15 is 0 Å². The summed E-state index contributed by atoms with van der Waals surface area (Å²) in [5.41, 5.74) is 6.56. The van der Waals surface area contributed by atoms with E-state index in [0.717, 1.165) is 51.8 Å². The lowest BCUT2D eigenvalue weighted by atomic mass is 10.0. The Morgan fingerprint density at radius 2 is 1.87 bits per heavy atom. The van der Waals surface area contributed by atoms with Crippen molar-refractivity contribution in [2.75, 3.05) is 31.1 Å². The first-order valence-corrected chi connectivity index (χ1v) is 10.4. The van der Waals surface area contributed by atoms with Gasteiger partial charge in [0.1, 0.15) is 6.07 Å². The van der Waals surface area contributed by atoms with E-state index in [9.17, 15) is 10.1 Å². The summed E-state index contributed by atoms with van der Waals surface area (Å²) < 4.78 is 0. The lowest BCUT2D eigenvalue weighted by Crippen LogP contribution is -2.35. The molecule has 0 saturated carbocycles. The van der Waals surface area contributed by atoms with E-state index in [1.54, 1.807) is 6.20 Å². The van der Waals surface area contributed by atoms with Crippen LogP contribution in [0.25, 0.3) is 10.9 Å². The van der Waals surface area contributed by atoms with E-state index in [2.05, 4.69) is 41.9 Å². The molecule has 1 fully saturated rings. The fraction of sp³-hybridized carbons (Fsp3) is 0.320. The van der Waals surface area contributed by atoms with Crippen molar-refractivity contribution >= 4 is 22.5 Å². The number of carbonyl (C=O) groups excluding carboxylic acids is 1. The number of anilines is 1. The van der Waals surface area contributed by atoms with Gasteiger partial charge in [-0.05, 0) is 51.0 Å². The van der Waals surface area contributed by atoms with Gasteiger partial charge in [-0.2, -0.15) is 5.26 Å². The summed E-state index contributed by atoms with van der Waals surface area (Å²) in [6.07, 6.45) is 2.54. The summed E-state index contributed by atoms with van der Waals surface area (Å²) in [5.74, 6) is 0.0762. The Hall–Kier alpha value is -3.39. The van der Waals surface area contributed by atoms with Gasteiger partial charge in [0.25, 0.3) is 5.91 Å². The molecular formula is C25H26N4O. The van der Waals surface area contributed by atoms with Crippen LogP contribution in [0.2, 0.25) is 0 Å². The molecule has 2 aromatic carbocycles. The van der Waals surface area contributed by atoms with Gasteiger partial charge < -0.3 is 9.80 Å². The van der Waals surface area contributed by atoms with Crippen LogP contribution in [0.3, 0.4) is 0 Å². The van der Waals surface area contributed by atoms with Crippen molar-refractivity contribution in [3.8, 4) is 6.07 Å².